The van der Waals surface area contributed by atoms with Crippen molar-refractivity contribution in [3.63, 3.8) is 0 Å². The Kier molecular flexibility index (Phi) is 9.31. The van der Waals surface area contributed by atoms with Crippen molar-refractivity contribution in [3.8, 4) is 11.5 Å². The number of rotatable bonds is 10. The first-order valence-electron chi connectivity index (χ1n) is 11.6. The van der Waals surface area contributed by atoms with Crippen molar-refractivity contribution in [2.24, 2.45) is 0 Å². The summed E-state index contributed by atoms with van der Waals surface area (Å²) >= 11 is 6.12. The number of carbonyl (C=O) groups excluding carboxylic acids is 2. The van der Waals surface area contributed by atoms with Gasteiger partial charge >= 0.3 is 5.69 Å². The van der Waals surface area contributed by atoms with E-state index in [-0.39, 0.29) is 42.3 Å². The Morgan fingerprint density at radius 2 is 1.94 bits per heavy atom. The summed E-state index contributed by atoms with van der Waals surface area (Å²) in [5.74, 6) is -0.364. The first kappa shape index (κ1) is 26.3. The van der Waals surface area contributed by atoms with Crippen LogP contribution in [0.25, 0.3) is 0 Å². The number of carbonyl (C=O) groups is 2. The van der Waals surface area contributed by atoms with Crippen LogP contribution in [0.5, 0.6) is 11.5 Å². The molecule has 0 aliphatic heterocycles. The lowest BCUT2D eigenvalue weighted by atomic mass is 9.95. The number of nitrogens with one attached hydrogen (secondary N) is 1. The smallest absolute Gasteiger partial charge is 0.311 e. The number of nitro benzene ring substituents is 1. The molecule has 1 saturated carbocycles. The molecule has 1 atom stereocenters. The van der Waals surface area contributed by atoms with Gasteiger partial charge in [-0.05, 0) is 43.5 Å². The fourth-order valence-corrected chi connectivity index (χ4v) is 4.32. The number of hydrogen-bond acceptors (Lipinski definition) is 6. The lowest BCUT2D eigenvalue weighted by Crippen LogP contribution is -2.51. The van der Waals surface area contributed by atoms with Crippen molar-refractivity contribution in [1.82, 2.24) is 10.2 Å². The highest BCUT2D eigenvalue weighted by Gasteiger charge is 2.28. The molecule has 0 aromatic heterocycles. The molecule has 2 aromatic carbocycles. The van der Waals surface area contributed by atoms with Crippen LogP contribution in [0.4, 0.5) is 5.69 Å². The van der Waals surface area contributed by atoms with Gasteiger partial charge in [0.15, 0.2) is 6.61 Å². The number of benzene rings is 2. The molecular formula is C25H30ClN3O6. The average molecular weight is 504 g/mol. The summed E-state index contributed by atoms with van der Waals surface area (Å²) in [6.45, 7) is 1.50. The standard InChI is InChI=1S/C25H30ClN3O6/c1-17(25(31)27-20-9-4-3-5-10-20)28(15-18-7-6-8-19(26)13-18)24(30)16-35-21-11-12-22(29(32)33)23(14-21)34-2/h6-8,11-14,17,20H,3-5,9-10,15-16H2,1-2H3,(H,27,31). The molecule has 3 rings (SSSR count). The van der Waals surface area contributed by atoms with Gasteiger partial charge < -0.3 is 19.7 Å². The van der Waals surface area contributed by atoms with Crippen molar-refractivity contribution in [3.05, 3.63) is 63.2 Å². The second-order valence-corrected chi connectivity index (χ2v) is 8.99. The fourth-order valence-electron chi connectivity index (χ4n) is 4.11. The molecule has 1 aliphatic carbocycles. The molecule has 0 saturated heterocycles. The second kappa shape index (κ2) is 12.4. The van der Waals surface area contributed by atoms with Gasteiger partial charge in [-0.1, -0.05) is 43.0 Å². The molecule has 1 aliphatic rings. The molecule has 10 heteroatoms. The van der Waals surface area contributed by atoms with Crippen molar-refractivity contribution in [1.29, 1.82) is 0 Å². The van der Waals surface area contributed by atoms with Crippen LogP contribution in [0.3, 0.4) is 0 Å². The number of nitrogens with zero attached hydrogens (tertiary/aromatic N) is 2. The molecule has 0 bridgehead atoms. The normalized spacial score (nSPS) is 14.6. The highest BCUT2D eigenvalue weighted by atomic mass is 35.5. The van der Waals surface area contributed by atoms with Crippen LogP contribution in [-0.4, -0.2) is 47.4 Å². The minimum atomic E-state index is -0.738. The SMILES string of the molecule is COc1cc(OCC(=O)N(Cc2cccc(Cl)c2)C(C)C(=O)NC2CCCCC2)ccc1[N+](=O)[O-]. The largest absolute Gasteiger partial charge is 0.490 e. The maximum Gasteiger partial charge on any atom is 0.311 e. The molecule has 1 unspecified atom stereocenters. The summed E-state index contributed by atoms with van der Waals surface area (Å²) in [6.07, 6.45) is 5.21. The Balaban J connectivity index is 1.73. The van der Waals surface area contributed by atoms with Crippen molar-refractivity contribution in [2.75, 3.05) is 13.7 Å². The van der Waals surface area contributed by atoms with Gasteiger partial charge in [0, 0.05) is 29.7 Å². The molecule has 0 spiro atoms. The Labute approximate surface area is 209 Å². The van der Waals surface area contributed by atoms with Gasteiger partial charge in [-0.3, -0.25) is 19.7 Å². The van der Waals surface area contributed by atoms with E-state index < -0.39 is 16.9 Å². The van der Waals surface area contributed by atoms with E-state index in [1.54, 1.807) is 25.1 Å². The van der Waals surface area contributed by atoms with Crippen molar-refractivity contribution in [2.45, 2.75) is 57.7 Å². The molecule has 0 heterocycles. The zero-order chi connectivity index (χ0) is 25.4. The molecule has 35 heavy (non-hydrogen) atoms. The van der Waals surface area contributed by atoms with Crippen molar-refractivity contribution < 1.29 is 24.0 Å². The predicted molar refractivity (Wildman–Crippen MR) is 132 cm³/mol. The number of methoxy groups -OCH3 is 1. The summed E-state index contributed by atoms with van der Waals surface area (Å²) in [5, 5.41) is 14.7. The lowest BCUT2D eigenvalue weighted by molar-refractivity contribution is -0.385. The molecule has 9 nitrogen and oxygen atoms in total. The number of nitro groups is 1. The summed E-state index contributed by atoms with van der Waals surface area (Å²) in [4.78, 5) is 38.2. The first-order chi connectivity index (χ1) is 16.8. The summed E-state index contributed by atoms with van der Waals surface area (Å²) < 4.78 is 10.7. The van der Waals surface area contributed by atoms with E-state index in [9.17, 15) is 19.7 Å². The van der Waals surface area contributed by atoms with E-state index in [0.29, 0.717) is 5.02 Å². The molecule has 2 amide bonds. The minimum absolute atomic E-state index is 0.0240. The summed E-state index contributed by atoms with van der Waals surface area (Å²) in [6, 6.07) is 10.5. The number of ether oxygens (including phenoxy) is 2. The highest BCUT2D eigenvalue weighted by Crippen LogP contribution is 2.30. The van der Waals surface area contributed by atoms with E-state index in [4.69, 9.17) is 21.1 Å². The first-order valence-corrected chi connectivity index (χ1v) is 12.0. The van der Waals surface area contributed by atoms with E-state index in [1.165, 1.54) is 36.6 Å². The van der Waals surface area contributed by atoms with Crippen LogP contribution < -0.4 is 14.8 Å². The topological polar surface area (TPSA) is 111 Å². The highest BCUT2D eigenvalue weighted by molar-refractivity contribution is 6.30. The third-order valence-corrected chi connectivity index (χ3v) is 6.31. The molecule has 1 fully saturated rings. The fraction of sp³-hybridized carbons (Fsp3) is 0.440. The number of halogens is 1. The van der Waals surface area contributed by atoms with Crippen LogP contribution in [0.1, 0.15) is 44.6 Å². The van der Waals surface area contributed by atoms with Crippen LogP contribution in [0.15, 0.2) is 42.5 Å². The van der Waals surface area contributed by atoms with Crippen LogP contribution >= 0.6 is 11.6 Å². The van der Waals surface area contributed by atoms with Gasteiger partial charge in [-0.25, -0.2) is 0 Å². The molecule has 1 N–H and O–H groups in total. The number of hydrogen-bond donors (Lipinski definition) is 1. The molecule has 0 radical (unpaired) electrons. The maximum absolute atomic E-state index is 13.2. The second-order valence-electron chi connectivity index (χ2n) is 8.55. The van der Waals surface area contributed by atoms with E-state index in [2.05, 4.69) is 5.32 Å². The molecule has 188 valence electrons. The Morgan fingerprint density at radius 3 is 2.60 bits per heavy atom. The summed E-state index contributed by atoms with van der Waals surface area (Å²) in [7, 11) is 1.32. The van der Waals surface area contributed by atoms with Crippen molar-refractivity contribution >= 4 is 29.1 Å². The van der Waals surface area contributed by atoms with E-state index >= 15 is 0 Å². The van der Waals surface area contributed by atoms with Crippen LogP contribution in [0, 0.1) is 10.1 Å². The zero-order valence-corrected chi connectivity index (χ0v) is 20.6. The maximum atomic E-state index is 13.2. The predicted octanol–water partition coefficient (Wildman–Crippen LogP) is 4.50. The van der Waals surface area contributed by atoms with Gasteiger partial charge in [-0.2, -0.15) is 0 Å². The Morgan fingerprint density at radius 1 is 1.20 bits per heavy atom. The molecular weight excluding hydrogens is 474 g/mol. The quantitative estimate of drug-likeness (QED) is 0.377. The summed E-state index contributed by atoms with van der Waals surface area (Å²) in [5.41, 5.74) is 0.571. The third kappa shape index (κ3) is 7.32. The lowest BCUT2D eigenvalue weighted by Gasteiger charge is -2.31. The number of amides is 2. The minimum Gasteiger partial charge on any atom is -0.490 e. The van der Waals surface area contributed by atoms with Gasteiger partial charge in [-0.15, -0.1) is 0 Å². The van der Waals surface area contributed by atoms with Gasteiger partial charge in [0.25, 0.3) is 5.91 Å². The monoisotopic (exact) mass is 503 g/mol. The Hall–Kier alpha value is -3.33. The third-order valence-electron chi connectivity index (χ3n) is 6.07. The van der Waals surface area contributed by atoms with Crippen LogP contribution in [-0.2, 0) is 16.1 Å². The Bertz CT molecular complexity index is 1060. The van der Waals surface area contributed by atoms with Gasteiger partial charge in [0.05, 0.1) is 12.0 Å². The molecule has 2 aromatic rings. The van der Waals surface area contributed by atoms with E-state index in [0.717, 1.165) is 31.2 Å². The zero-order valence-electron chi connectivity index (χ0n) is 19.9. The van der Waals surface area contributed by atoms with E-state index in [1.807, 2.05) is 6.07 Å². The van der Waals surface area contributed by atoms with Gasteiger partial charge in [0.1, 0.15) is 11.8 Å². The average Bonchev–Trinajstić information content (AvgIpc) is 2.85. The van der Waals surface area contributed by atoms with Gasteiger partial charge in [0.2, 0.25) is 11.7 Å². The van der Waals surface area contributed by atoms with Crippen LogP contribution in [0.2, 0.25) is 5.02 Å².